The first-order chi connectivity index (χ1) is 9.19. The lowest BCUT2D eigenvalue weighted by atomic mass is 10.0. The van der Waals surface area contributed by atoms with Gasteiger partial charge in [0.05, 0.1) is 6.61 Å². The Morgan fingerprint density at radius 3 is 2.63 bits per heavy atom. The molecule has 0 spiro atoms. The van der Waals surface area contributed by atoms with Gasteiger partial charge in [-0.25, -0.2) is 0 Å². The van der Waals surface area contributed by atoms with Crippen molar-refractivity contribution < 1.29 is 9.47 Å². The van der Waals surface area contributed by atoms with Gasteiger partial charge < -0.3 is 14.8 Å². The third kappa shape index (κ3) is 5.62. The number of unbranched alkanes of at least 4 members (excludes halogenated alkanes) is 1. The minimum absolute atomic E-state index is 0.319. The number of rotatable bonds is 9. The lowest BCUT2D eigenvalue weighted by Crippen LogP contribution is -2.18. The molecule has 0 amide bonds. The number of methoxy groups -OCH3 is 1. The van der Waals surface area contributed by atoms with Gasteiger partial charge in [0.1, 0.15) is 5.75 Å². The van der Waals surface area contributed by atoms with Gasteiger partial charge in [0.15, 0.2) is 0 Å². The predicted octanol–water partition coefficient (Wildman–Crippen LogP) is 3.47. The van der Waals surface area contributed by atoms with E-state index in [1.54, 1.807) is 7.11 Å². The Labute approximate surface area is 117 Å². The minimum atomic E-state index is 0.319. The summed E-state index contributed by atoms with van der Waals surface area (Å²) in [4.78, 5) is 0. The van der Waals surface area contributed by atoms with Crippen LogP contribution in [0.2, 0.25) is 0 Å². The van der Waals surface area contributed by atoms with Crippen LogP contribution in [0.15, 0.2) is 18.2 Å². The highest BCUT2D eigenvalue weighted by atomic mass is 16.5. The Kier molecular flexibility index (Phi) is 7.53. The minimum Gasteiger partial charge on any atom is -0.493 e. The van der Waals surface area contributed by atoms with Crippen LogP contribution in [0, 0.1) is 6.92 Å². The summed E-state index contributed by atoms with van der Waals surface area (Å²) in [5.74, 6) is 1.01. The van der Waals surface area contributed by atoms with Crippen LogP contribution in [0.5, 0.6) is 5.75 Å². The first kappa shape index (κ1) is 16.0. The Morgan fingerprint density at radius 1 is 1.21 bits per heavy atom. The molecule has 0 aliphatic heterocycles. The van der Waals surface area contributed by atoms with Crippen LogP contribution in [-0.4, -0.2) is 26.9 Å². The van der Waals surface area contributed by atoms with E-state index in [0.717, 1.165) is 38.3 Å². The second kappa shape index (κ2) is 8.94. The third-order valence-corrected chi connectivity index (χ3v) is 3.15. The summed E-state index contributed by atoms with van der Waals surface area (Å²) in [6.07, 6.45) is 2.07. The zero-order valence-corrected chi connectivity index (χ0v) is 12.7. The van der Waals surface area contributed by atoms with Crippen molar-refractivity contribution in [2.75, 3.05) is 26.9 Å². The van der Waals surface area contributed by atoms with Crippen molar-refractivity contribution in [2.45, 2.75) is 39.7 Å². The van der Waals surface area contributed by atoms with Crippen LogP contribution < -0.4 is 10.1 Å². The molecule has 1 N–H and O–H groups in total. The van der Waals surface area contributed by atoms with E-state index in [-0.39, 0.29) is 0 Å². The first-order valence-electron chi connectivity index (χ1n) is 7.14. The van der Waals surface area contributed by atoms with Crippen LogP contribution in [0.3, 0.4) is 0 Å². The summed E-state index contributed by atoms with van der Waals surface area (Å²) >= 11 is 0. The molecule has 1 aromatic carbocycles. The molecule has 0 radical (unpaired) electrons. The standard InChI is InChI=1S/C16H27NO2/c1-5-17-14(3)15-9-8-13(2)12-16(15)19-11-7-6-10-18-4/h8-9,12,14,17H,5-7,10-11H2,1-4H3. The second-order valence-corrected chi connectivity index (χ2v) is 4.87. The number of hydrogen-bond donors (Lipinski definition) is 1. The van der Waals surface area contributed by atoms with Gasteiger partial charge >= 0.3 is 0 Å². The SMILES string of the molecule is CCNC(C)c1ccc(C)cc1OCCCCOC. The van der Waals surface area contributed by atoms with E-state index in [1.807, 2.05) is 0 Å². The van der Waals surface area contributed by atoms with E-state index in [1.165, 1.54) is 11.1 Å². The summed E-state index contributed by atoms with van der Waals surface area (Å²) in [6, 6.07) is 6.74. The fraction of sp³-hybridized carbons (Fsp3) is 0.625. The lowest BCUT2D eigenvalue weighted by Gasteiger charge is -2.18. The number of benzene rings is 1. The van der Waals surface area contributed by atoms with Crippen LogP contribution in [0.25, 0.3) is 0 Å². The average molecular weight is 265 g/mol. The fourth-order valence-corrected chi connectivity index (χ4v) is 2.07. The number of hydrogen-bond acceptors (Lipinski definition) is 3. The van der Waals surface area contributed by atoms with Crippen LogP contribution in [-0.2, 0) is 4.74 Å². The zero-order valence-electron chi connectivity index (χ0n) is 12.7. The Morgan fingerprint density at radius 2 is 1.95 bits per heavy atom. The van der Waals surface area contributed by atoms with E-state index in [4.69, 9.17) is 9.47 Å². The number of ether oxygens (including phenoxy) is 2. The summed E-state index contributed by atoms with van der Waals surface area (Å²) in [7, 11) is 1.73. The maximum absolute atomic E-state index is 5.94. The quantitative estimate of drug-likeness (QED) is 0.693. The van der Waals surface area contributed by atoms with Gasteiger partial charge in [0, 0.05) is 25.3 Å². The van der Waals surface area contributed by atoms with Crippen LogP contribution >= 0.6 is 0 Å². The van der Waals surface area contributed by atoms with Crippen LogP contribution in [0.4, 0.5) is 0 Å². The topological polar surface area (TPSA) is 30.5 Å². The van der Waals surface area contributed by atoms with Gasteiger partial charge in [0.25, 0.3) is 0 Å². The number of nitrogens with one attached hydrogen (secondary N) is 1. The Balaban J connectivity index is 2.61. The van der Waals surface area contributed by atoms with Crippen molar-refractivity contribution >= 4 is 0 Å². The molecule has 0 aliphatic rings. The molecule has 0 aromatic heterocycles. The van der Waals surface area contributed by atoms with E-state index < -0.39 is 0 Å². The molecular formula is C16H27NO2. The van der Waals surface area contributed by atoms with Crippen LogP contribution in [0.1, 0.15) is 43.9 Å². The van der Waals surface area contributed by atoms with Gasteiger partial charge in [-0.2, -0.15) is 0 Å². The molecule has 1 aromatic rings. The van der Waals surface area contributed by atoms with Gasteiger partial charge in [-0.15, -0.1) is 0 Å². The molecule has 1 rings (SSSR count). The highest BCUT2D eigenvalue weighted by Gasteiger charge is 2.10. The first-order valence-corrected chi connectivity index (χ1v) is 7.14. The fourth-order valence-electron chi connectivity index (χ4n) is 2.07. The molecule has 0 saturated heterocycles. The third-order valence-electron chi connectivity index (χ3n) is 3.15. The number of aryl methyl sites for hydroxylation is 1. The summed E-state index contributed by atoms with van der Waals surface area (Å²) < 4.78 is 11.0. The van der Waals surface area contributed by atoms with E-state index >= 15 is 0 Å². The predicted molar refractivity (Wildman–Crippen MR) is 79.9 cm³/mol. The highest BCUT2D eigenvalue weighted by Crippen LogP contribution is 2.26. The molecule has 1 atom stereocenters. The van der Waals surface area contributed by atoms with Crippen molar-refractivity contribution in [1.29, 1.82) is 0 Å². The molecule has 1 unspecified atom stereocenters. The molecule has 0 fully saturated rings. The molecular weight excluding hydrogens is 238 g/mol. The monoisotopic (exact) mass is 265 g/mol. The van der Waals surface area contributed by atoms with Gasteiger partial charge in [-0.3, -0.25) is 0 Å². The molecule has 108 valence electrons. The van der Waals surface area contributed by atoms with Gasteiger partial charge in [-0.1, -0.05) is 19.1 Å². The smallest absolute Gasteiger partial charge is 0.124 e. The maximum Gasteiger partial charge on any atom is 0.124 e. The molecule has 0 aliphatic carbocycles. The molecule has 19 heavy (non-hydrogen) atoms. The van der Waals surface area contributed by atoms with E-state index in [9.17, 15) is 0 Å². The second-order valence-electron chi connectivity index (χ2n) is 4.87. The van der Waals surface area contributed by atoms with E-state index in [2.05, 4.69) is 44.3 Å². The molecule has 0 saturated carbocycles. The Hall–Kier alpha value is -1.06. The normalized spacial score (nSPS) is 12.4. The van der Waals surface area contributed by atoms with Crippen molar-refractivity contribution in [1.82, 2.24) is 5.32 Å². The summed E-state index contributed by atoms with van der Waals surface area (Å²) in [5.41, 5.74) is 2.47. The molecule has 0 heterocycles. The molecule has 0 bridgehead atoms. The zero-order chi connectivity index (χ0) is 14.1. The lowest BCUT2D eigenvalue weighted by molar-refractivity contribution is 0.184. The summed E-state index contributed by atoms with van der Waals surface area (Å²) in [5, 5.41) is 3.43. The molecule has 3 nitrogen and oxygen atoms in total. The van der Waals surface area contributed by atoms with Crippen molar-refractivity contribution in [2.24, 2.45) is 0 Å². The van der Waals surface area contributed by atoms with Gasteiger partial charge in [-0.05, 0) is 44.9 Å². The van der Waals surface area contributed by atoms with Gasteiger partial charge in [0.2, 0.25) is 0 Å². The van der Waals surface area contributed by atoms with E-state index in [0.29, 0.717) is 6.04 Å². The Bertz CT molecular complexity index is 366. The highest BCUT2D eigenvalue weighted by molar-refractivity contribution is 5.39. The van der Waals surface area contributed by atoms with Crippen molar-refractivity contribution in [3.63, 3.8) is 0 Å². The maximum atomic E-state index is 5.94. The van der Waals surface area contributed by atoms with Crippen molar-refractivity contribution in [3.05, 3.63) is 29.3 Å². The molecule has 3 heteroatoms. The average Bonchev–Trinajstić information content (AvgIpc) is 2.39. The largest absolute Gasteiger partial charge is 0.493 e. The van der Waals surface area contributed by atoms with Crippen molar-refractivity contribution in [3.8, 4) is 5.75 Å². The summed E-state index contributed by atoms with van der Waals surface area (Å²) in [6.45, 7) is 8.90.